The molecule has 4 rings (SSSR count). The van der Waals surface area contributed by atoms with Crippen LogP contribution in [0.25, 0.3) is 0 Å². The Morgan fingerprint density at radius 3 is 2.15 bits per heavy atom. The first kappa shape index (κ1) is 28.7. The normalized spacial score (nSPS) is 11.4. The minimum atomic E-state index is -0.776. The number of rotatable bonds is 12. The fourth-order valence-electron chi connectivity index (χ4n) is 3.63. The molecule has 1 N–H and O–H groups in total. The lowest BCUT2D eigenvalue weighted by Gasteiger charge is -2.13. The smallest absolute Gasteiger partial charge is 0.343 e. The maximum Gasteiger partial charge on any atom is 0.343 e. The van der Waals surface area contributed by atoms with Crippen molar-refractivity contribution in [2.45, 2.75) is 19.6 Å². The van der Waals surface area contributed by atoms with Gasteiger partial charge in [0.05, 0.1) is 26.0 Å². The minimum absolute atomic E-state index is 0.319. The molecule has 0 unspecified atom stereocenters. The summed E-state index contributed by atoms with van der Waals surface area (Å²) in [5, 5.41) is 3.99. The molecule has 0 fully saturated rings. The molecule has 1 amide bonds. The van der Waals surface area contributed by atoms with E-state index in [1.54, 1.807) is 73.7 Å². The van der Waals surface area contributed by atoms with Crippen molar-refractivity contribution in [2.24, 2.45) is 5.10 Å². The molecule has 9 heteroatoms. The van der Waals surface area contributed by atoms with Gasteiger partial charge in [0.15, 0.2) is 17.6 Å². The Morgan fingerprint density at radius 2 is 1.46 bits per heavy atom. The number of nitrogens with zero attached hydrogens (tertiary/aromatic N) is 1. The zero-order valence-corrected chi connectivity index (χ0v) is 22.9. The van der Waals surface area contributed by atoms with E-state index < -0.39 is 18.0 Å². The SMILES string of the molecule is COc1ccc(C(=O)Oc2ccc(/C=N\NC(=O)[C@@H](C)Oc3ccc(OCc4ccccc4)cc3)cc2)cc1OC. The van der Waals surface area contributed by atoms with E-state index in [0.29, 0.717) is 46.5 Å². The van der Waals surface area contributed by atoms with E-state index in [-0.39, 0.29) is 0 Å². The van der Waals surface area contributed by atoms with Crippen molar-refractivity contribution in [3.8, 4) is 28.7 Å². The predicted molar refractivity (Wildman–Crippen MR) is 154 cm³/mol. The molecule has 4 aromatic rings. The van der Waals surface area contributed by atoms with Gasteiger partial charge >= 0.3 is 5.97 Å². The monoisotopic (exact) mass is 554 g/mol. The van der Waals surface area contributed by atoms with E-state index in [2.05, 4.69) is 10.5 Å². The number of hydrazone groups is 1. The predicted octanol–water partition coefficient (Wildman–Crippen LogP) is 5.42. The lowest BCUT2D eigenvalue weighted by Crippen LogP contribution is -2.33. The Morgan fingerprint density at radius 1 is 0.805 bits per heavy atom. The second kappa shape index (κ2) is 14.2. The molecule has 0 radical (unpaired) electrons. The minimum Gasteiger partial charge on any atom is -0.493 e. The number of hydrogen-bond donors (Lipinski definition) is 1. The second-order valence-electron chi connectivity index (χ2n) is 8.77. The van der Waals surface area contributed by atoms with Gasteiger partial charge in [-0.05, 0) is 84.8 Å². The molecule has 0 aliphatic heterocycles. The summed E-state index contributed by atoms with van der Waals surface area (Å²) in [4.78, 5) is 24.9. The molecule has 0 aliphatic carbocycles. The first-order valence-corrected chi connectivity index (χ1v) is 12.8. The molecule has 0 spiro atoms. The van der Waals surface area contributed by atoms with Gasteiger partial charge in [0.2, 0.25) is 0 Å². The van der Waals surface area contributed by atoms with Crippen LogP contribution in [0.2, 0.25) is 0 Å². The van der Waals surface area contributed by atoms with Gasteiger partial charge in [0, 0.05) is 0 Å². The Labute approximate surface area is 238 Å². The van der Waals surface area contributed by atoms with Crippen LogP contribution in [0.1, 0.15) is 28.4 Å². The molecule has 1 atom stereocenters. The van der Waals surface area contributed by atoms with Crippen LogP contribution in [0.3, 0.4) is 0 Å². The van der Waals surface area contributed by atoms with Crippen LogP contribution in [0, 0.1) is 0 Å². The average Bonchev–Trinajstić information content (AvgIpc) is 3.01. The summed E-state index contributed by atoms with van der Waals surface area (Å²) in [6, 6.07) is 28.4. The molecule has 0 aromatic heterocycles. The zero-order chi connectivity index (χ0) is 29.0. The maximum atomic E-state index is 12.5. The molecule has 0 saturated carbocycles. The van der Waals surface area contributed by atoms with Crippen molar-refractivity contribution in [3.63, 3.8) is 0 Å². The van der Waals surface area contributed by atoms with Crippen LogP contribution in [-0.4, -0.2) is 38.4 Å². The Kier molecular flexibility index (Phi) is 9.92. The molecule has 0 aliphatic rings. The van der Waals surface area contributed by atoms with Crippen molar-refractivity contribution in [1.29, 1.82) is 0 Å². The standard InChI is InChI=1S/C32H30N2O7/c1-22(40-27-16-14-26(15-17-27)39-21-24-7-5-4-6-8-24)31(35)34-33-20-23-9-12-28(13-10-23)41-32(36)25-11-18-29(37-2)30(19-25)38-3/h4-20,22H,21H2,1-3H3,(H,34,35)/b33-20-/t22-/m1/s1. The fraction of sp³-hybridized carbons (Fsp3) is 0.156. The number of hydrogen-bond acceptors (Lipinski definition) is 8. The van der Waals surface area contributed by atoms with Crippen molar-refractivity contribution in [3.05, 3.63) is 114 Å². The third-order valence-electron chi connectivity index (χ3n) is 5.85. The molecule has 4 aromatic carbocycles. The van der Waals surface area contributed by atoms with Gasteiger partial charge < -0.3 is 23.7 Å². The summed E-state index contributed by atoms with van der Waals surface area (Å²) in [6.45, 7) is 2.09. The van der Waals surface area contributed by atoms with Gasteiger partial charge in [-0.25, -0.2) is 10.2 Å². The van der Waals surface area contributed by atoms with E-state index in [1.165, 1.54) is 20.4 Å². The van der Waals surface area contributed by atoms with Gasteiger partial charge in [-0.3, -0.25) is 4.79 Å². The van der Waals surface area contributed by atoms with Gasteiger partial charge in [0.25, 0.3) is 5.91 Å². The highest BCUT2D eigenvalue weighted by Crippen LogP contribution is 2.28. The highest BCUT2D eigenvalue weighted by atomic mass is 16.5. The van der Waals surface area contributed by atoms with Gasteiger partial charge in [-0.1, -0.05) is 30.3 Å². The summed E-state index contributed by atoms with van der Waals surface area (Å²) in [5.41, 5.74) is 4.55. The number of carbonyl (C=O) groups is 2. The summed E-state index contributed by atoms with van der Waals surface area (Å²) in [5.74, 6) is 1.57. The molecule has 210 valence electrons. The van der Waals surface area contributed by atoms with Crippen LogP contribution in [0.5, 0.6) is 28.7 Å². The summed E-state index contributed by atoms with van der Waals surface area (Å²) < 4.78 is 27.3. The number of benzene rings is 4. The van der Waals surface area contributed by atoms with Gasteiger partial charge in [-0.2, -0.15) is 5.10 Å². The number of carbonyl (C=O) groups excluding carboxylic acids is 2. The number of methoxy groups -OCH3 is 2. The summed E-state index contributed by atoms with van der Waals surface area (Å²) in [6.07, 6.45) is 0.699. The van der Waals surface area contributed by atoms with Crippen molar-refractivity contribution >= 4 is 18.1 Å². The number of amides is 1. The highest BCUT2D eigenvalue weighted by Gasteiger charge is 2.15. The van der Waals surface area contributed by atoms with Crippen molar-refractivity contribution in [2.75, 3.05) is 14.2 Å². The zero-order valence-electron chi connectivity index (χ0n) is 22.9. The highest BCUT2D eigenvalue weighted by molar-refractivity contribution is 5.92. The number of ether oxygens (including phenoxy) is 5. The fourth-order valence-corrected chi connectivity index (χ4v) is 3.63. The van der Waals surface area contributed by atoms with E-state index in [9.17, 15) is 9.59 Å². The number of esters is 1. The molecule has 0 heterocycles. The second-order valence-corrected chi connectivity index (χ2v) is 8.77. The summed E-state index contributed by atoms with van der Waals surface area (Å²) in [7, 11) is 3.01. The van der Waals surface area contributed by atoms with Crippen molar-refractivity contribution in [1.82, 2.24) is 5.43 Å². The molecule has 9 nitrogen and oxygen atoms in total. The molecular formula is C32H30N2O7. The molecule has 0 saturated heterocycles. The van der Waals surface area contributed by atoms with Crippen LogP contribution in [0.15, 0.2) is 102 Å². The Balaban J connectivity index is 1.22. The topological polar surface area (TPSA) is 105 Å². The van der Waals surface area contributed by atoms with Crippen LogP contribution >= 0.6 is 0 Å². The van der Waals surface area contributed by atoms with E-state index in [0.717, 1.165) is 5.56 Å². The van der Waals surface area contributed by atoms with E-state index >= 15 is 0 Å². The van der Waals surface area contributed by atoms with Crippen LogP contribution in [0.4, 0.5) is 0 Å². The van der Waals surface area contributed by atoms with Crippen molar-refractivity contribution < 1.29 is 33.3 Å². The summed E-state index contributed by atoms with van der Waals surface area (Å²) >= 11 is 0. The Hall–Kier alpha value is -5.31. The molecule has 41 heavy (non-hydrogen) atoms. The van der Waals surface area contributed by atoms with Crippen LogP contribution < -0.4 is 29.1 Å². The van der Waals surface area contributed by atoms with Gasteiger partial charge in [0.1, 0.15) is 23.9 Å². The average molecular weight is 555 g/mol. The third kappa shape index (κ3) is 8.34. The lowest BCUT2D eigenvalue weighted by atomic mass is 10.2. The largest absolute Gasteiger partial charge is 0.493 e. The molecular weight excluding hydrogens is 524 g/mol. The third-order valence-corrected chi connectivity index (χ3v) is 5.85. The number of nitrogens with one attached hydrogen (secondary N) is 1. The van der Waals surface area contributed by atoms with Crippen LogP contribution in [-0.2, 0) is 11.4 Å². The first-order chi connectivity index (χ1) is 19.9. The van der Waals surface area contributed by atoms with Gasteiger partial charge in [-0.15, -0.1) is 0 Å². The maximum absolute atomic E-state index is 12.5. The quantitative estimate of drug-likeness (QED) is 0.108. The van der Waals surface area contributed by atoms with E-state index in [1.807, 2.05) is 30.3 Å². The lowest BCUT2D eigenvalue weighted by molar-refractivity contribution is -0.127. The Bertz CT molecular complexity index is 1470. The molecule has 0 bridgehead atoms. The first-order valence-electron chi connectivity index (χ1n) is 12.8. The van der Waals surface area contributed by atoms with E-state index in [4.69, 9.17) is 23.7 Å².